The van der Waals surface area contributed by atoms with Crippen molar-refractivity contribution in [3.8, 4) is 5.75 Å². The molecule has 2 nitrogen and oxygen atoms in total. The molecular weight excluding hydrogens is 254 g/mol. The first-order valence-electron chi connectivity index (χ1n) is 6.73. The van der Waals surface area contributed by atoms with Gasteiger partial charge in [-0.3, -0.25) is 0 Å². The lowest BCUT2D eigenvalue weighted by atomic mass is 10.1. The van der Waals surface area contributed by atoms with Crippen LogP contribution in [0, 0.1) is 0 Å². The highest BCUT2D eigenvalue weighted by Gasteiger charge is 2.01. The van der Waals surface area contributed by atoms with Gasteiger partial charge in [-0.15, -0.1) is 0 Å². The summed E-state index contributed by atoms with van der Waals surface area (Å²) < 4.78 is 5.79. The summed E-state index contributed by atoms with van der Waals surface area (Å²) in [5.41, 5.74) is 5.53. The predicted octanol–water partition coefficient (Wildman–Crippen LogP) is 3.69. The van der Waals surface area contributed by atoms with Gasteiger partial charge in [-0.05, 0) is 35.9 Å². The Morgan fingerprint density at radius 1 is 1.16 bits per heavy atom. The monoisotopic (exact) mass is 275 g/mol. The van der Waals surface area contributed by atoms with E-state index in [1.807, 2.05) is 17.8 Å². The maximum Gasteiger partial charge on any atom is 0.119 e. The summed E-state index contributed by atoms with van der Waals surface area (Å²) in [6.07, 6.45) is 1.07. The van der Waals surface area contributed by atoms with E-state index in [2.05, 4.69) is 43.3 Å². The van der Waals surface area contributed by atoms with Crippen LogP contribution < -0.4 is 10.5 Å². The molecule has 0 bridgehead atoms. The zero-order valence-corrected chi connectivity index (χ0v) is 12.2. The third-order valence-corrected chi connectivity index (χ3v) is 4.26. The minimum atomic E-state index is 0.616. The molecule has 2 aromatic rings. The summed E-state index contributed by atoms with van der Waals surface area (Å²) in [5.74, 6) is 1.96. The number of thioether (sulfide) groups is 1. The number of rotatable bonds is 7. The Bertz CT molecular complexity index is 515. The summed E-state index contributed by atoms with van der Waals surface area (Å²) >= 11 is 1.92. The van der Waals surface area contributed by atoms with Gasteiger partial charge in [0.15, 0.2) is 0 Å². The van der Waals surface area contributed by atoms with Gasteiger partial charge in [-0.1, -0.05) is 37.3 Å². The van der Waals surface area contributed by atoms with Crippen molar-refractivity contribution in [2.45, 2.75) is 18.6 Å². The van der Waals surface area contributed by atoms with Crippen LogP contribution in [0.2, 0.25) is 0 Å². The molecular formula is C16H21NOS. The van der Waals surface area contributed by atoms with Gasteiger partial charge >= 0.3 is 0 Å². The molecule has 0 heterocycles. The van der Waals surface area contributed by atoms with Gasteiger partial charge in [0.05, 0.1) is 6.61 Å². The number of ether oxygens (including phenoxy) is 1. The van der Waals surface area contributed by atoms with Crippen molar-refractivity contribution < 1.29 is 4.74 Å². The first kappa shape index (κ1) is 14.2. The van der Waals surface area contributed by atoms with E-state index in [4.69, 9.17) is 10.5 Å². The van der Waals surface area contributed by atoms with Crippen LogP contribution in [0.5, 0.6) is 5.75 Å². The molecule has 0 aliphatic carbocycles. The van der Waals surface area contributed by atoms with E-state index >= 15 is 0 Å². The van der Waals surface area contributed by atoms with E-state index in [0.29, 0.717) is 5.25 Å². The Labute approximate surface area is 119 Å². The highest BCUT2D eigenvalue weighted by atomic mass is 32.2. The normalized spacial score (nSPS) is 12.5. The average molecular weight is 275 g/mol. The Morgan fingerprint density at radius 2 is 1.95 bits per heavy atom. The second-order valence-corrected chi connectivity index (χ2v) is 6.16. The van der Waals surface area contributed by atoms with Crippen molar-refractivity contribution in [1.29, 1.82) is 0 Å². The zero-order chi connectivity index (χ0) is 13.5. The minimum absolute atomic E-state index is 0.616. The lowest BCUT2D eigenvalue weighted by Gasteiger charge is -2.11. The topological polar surface area (TPSA) is 35.2 Å². The fraction of sp³-hybridized carbons (Fsp3) is 0.375. The number of hydrogen-bond donors (Lipinski definition) is 1. The smallest absolute Gasteiger partial charge is 0.119 e. The molecule has 2 aromatic carbocycles. The molecule has 102 valence electrons. The fourth-order valence-corrected chi connectivity index (χ4v) is 2.87. The lowest BCUT2D eigenvalue weighted by molar-refractivity contribution is 0.344. The number of hydrogen-bond acceptors (Lipinski definition) is 3. The van der Waals surface area contributed by atoms with Crippen LogP contribution in [0.15, 0.2) is 42.5 Å². The largest absolute Gasteiger partial charge is 0.493 e. The van der Waals surface area contributed by atoms with Crippen LogP contribution in [0.1, 0.15) is 13.3 Å². The molecule has 0 spiro atoms. The number of nitrogens with two attached hydrogens (primary N) is 1. The maximum atomic E-state index is 5.79. The van der Waals surface area contributed by atoms with Crippen molar-refractivity contribution in [1.82, 2.24) is 0 Å². The molecule has 0 amide bonds. The van der Waals surface area contributed by atoms with Crippen LogP contribution in [0.25, 0.3) is 10.8 Å². The van der Waals surface area contributed by atoms with E-state index in [-0.39, 0.29) is 0 Å². The molecule has 1 atom stereocenters. The minimum Gasteiger partial charge on any atom is -0.493 e. The molecule has 3 heteroatoms. The van der Waals surface area contributed by atoms with Crippen LogP contribution in [0.3, 0.4) is 0 Å². The second kappa shape index (κ2) is 7.41. The van der Waals surface area contributed by atoms with Crippen molar-refractivity contribution in [2.75, 3.05) is 18.9 Å². The van der Waals surface area contributed by atoms with Crippen LogP contribution in [-0.4, -0.2) is 24.2 Å². The van der Waals surface area contributed by atoms with E-state index in [0.717, 1.165) is 31.1 Å². The molecule has 19 heavy (non-hydrogen) atoms. The van der Waals surface area contributed by atoms with Crippen molar-refractivity contribution in [2.24, 2.45) is 5.73 Å². The molecule has 2 N–H and O–H groups in total. The molecule has 0 aliphatic rings. The van der Waals surface area contributed by atoms with Crippen molar-refractivity contribution in [3.05, 3.63) is 42.5 Å². The quantitative estimate of drug-likeness (QED) is 0.783. The van der Waals surface area contributed by atoms with Gasteiger partial charge in [0.2, 0.25) is 0 Å². The number of fused-ring (bicyclic) bond motifs is 1. The fourth-order valence-electron chi connectivity index (χ4n) is 1.98. The standard InChI is InChI=1S/C16H21NOS/c1-13(8-9-17)19-11-10-18-16-7-6-14-4-2-3-5-15(14)12-16/h2-7,12-13H,8-11,17H2,1H3. The van der Waals surface area contributed by atoms with E-state index < -0.39 is 0 Å². The van der Waals surface area contributed by atoms with Gasteiger partial charge < -0.3 is 10.5 Å². The summed E-state index contributed by atoms with van der Waals surface area (Å²) in [4.78, 5) is 0. The second-order valence-electron chi connectivity index (χ2n) is 4.62. The van der Waals surface area contributed by atoms with E-state index in [9.17, 15) is 0 Å². The molecule has 0 aliphatic heterocycles. The van der Waals surface area contributed by atoms with Gasteiger partial charge in [-0.2, -0.15) is 11.8 Å². The third-order valence-electron chi connectivity index (χ3n) is 3.05. The predicted molar refractivity (Wildman–Crippen MR) is 85.0 cm³/mol. The van der Waals surface area contributed by atoms with Crippen molar-refractivity contribution in [3.63, 3.8) is 0 Å². The van der Waals surface area contributed by atoms with Crippen LogP contribution >= 0.6 is 11.8 Å². The summed E-state index contributed by atoms with van der Waals surface area (Å²) in [7, 11) is 0. The SMILES string of the molecule is CC(CCN)SCCOc1ccc2ccccc2c1. The Morgan fingerprint density at radius 3 is 2.74 bits per heavy atom. The van der Waals surface area contributed by atoms with Gasteiger partial charge in [0, 0.05) is 11.0 Å². The Hall–Kier alpha value is -1.19. The van der Waals surface area contributed by atoms with E-state index in [1.165, 1.54) is 10.8 Å². The molecule has 0 saturated carbocycles. The van der Waals surface area contributed by atoms with E-state index in [1.54, 1.807) is 0 Å². The maximum absolute atomic E-state index is 5.79. The Balaban J connectivity index is 1.81. The summed E-state index contributed by atoms with van der Waals surface area (Å²) in [5, 5.41) is 3.09. The van der Waals surface area contributed by atoms with Crippen LogP contribution in [0.4, 0.5) is 0 Å². The van der Waals surface area contributed by atoms with Gasteiger partial charge in [0.1, 0.15) is 5.75 Å². The highest BCUT2D eigenvalue weighted by molar-refractivity contribution is 7.99. The Kier molecular flexibility index (Phi) is 5.55. The summed E-state index contributed by atoms with van der Waals surface area (Å²) in [6, 6.07) is 14.6. The average Bonchev–Trinajstić information content (AvgIpc) is 2.44. The van der Waals surface area contributed by atoms with Gasteiger partial charge in [-0.25, -0.2) is 0 Å². The molecule has 0 radical (unpaired) electrons. The molecule has 0 aromatic heterocycles. The molecule has 2 rings (SSSR count). The first-order chi connectivity index (χ1) is 9.29. The van der Waals surface area contributed by atoms with Gasteiger partial charge in [0.25, 0.3) is 0 Å². The van der Waals surface area contributed by atoms with Crippen molar-refractivity contribution >= 4 is 22.5 Å². The molecule has 0 fully saturated rings. The summed E-state index contributed by atoms with van der Waals surface area (Å²) in [6.45, 7) is 3.73. The first-order valence-corrected chi connectivity index (χ1v) is 7.78. The lowest BCUT2D eigenvalue weighted by Crippen LogP contribution is -2.09. The molecule has 1 unspecified atom stereocenters. The van der Waals surface area contributed by atoms with Crippen LogP contribution in [-0.2, 0) is 0 Å². The third kappa shape index (κ3) is 4.44. The zero-order valence-electron chi connectivity index (χ0n) is 11.3. The highest BCUT2D eigenvalue weighted by Crippen LogP contribution is 2.21. The molecule has 0 saturated heterocycles. The number of benzene rings is 2.